The third-order valence-electron chi connectivity index (χ3n) is 3.81. The first-order chi connectivity index (χ1) is 5.99. The van der Waals surface area contributed by atoms with Crippen molar-refractivity contribution in [1.82, 2.24) is 4.90 Å². The minimum Gasteiger partial charge on any atom is -0.391 e. The van der Waals surface area contributed by atoms with Crippen LogP contribution < -0.4 is 0 Å². The van der Waals surface area contributed by atoms with E-state index < -0.39 is 0 Å². The van der Waals surface area contributed by atoms with Gasteiger partial charge in [0, 0.05) is 5.54 Å². The molecule has 1 unspecified atom stereocenters. The summed E-state index contributed by atoms with van der Waals surface area (Å²) in [5.74, 6) is 0.840. The molecule has 2 nitrogen and oxygen atoms in total. The lowest BCUT2D eigenvalue weighted by atomic mass is 9.73. The fourth-order valence-electron chi connectivity index (χ4n) is 2.50. The predicted molar refractivity (Wildman–Crippen MR) is 55.7 cm³/mol. The molecule has 78 valence electrons. The van der Waals surface area contributed by atoms with Crippen LogP contribution in [0.15, 0.2) is 0 Å². The first kappa shape index (κ1) is 11.0. The van der Waals surface area contributed by atoms with E-state index in [1.807, 2.05) is 6.92 Å². The summed E-state index contributed by atoms with van der Waals surface area (Å²) >= 11 is 0. The highest BCUT2D eigenvalue weighted by molar-refractivity contribution is 4.96. The van der Waals surface area contributed by atoms with Gasteiger partial charge in [0.15, 0.2) is 0 Å². The Balaban J connectivity index is 2.69. The largest absolute Gasteiger partial charge is 0.391 e. The Hall–Kier alpha value is -0.0800. The van der Waals surface area contributed by atoms with E-state index in [1.54, 1.807) is 0 Å². The van der Waals surface area contributed by atoms with Crippen LogP contribution in [0.3, 0.4) is 0 Å². The zero-order chi connectivity index (χ0) is 10.1. The van der Waals surface area contributed by atoms with Crippen molar-refractivity contribution in [3.63, 3.8) is 0 Å². The molecular formula is C11H23NO. The SMILES string of the molecule is CC1CCC(C(C)O)(N(C)C)CC1. The lowest BCUT2D eigenvalue weighted by Gasteiger charge is -2.46. The van der Waals surface area contributed by atoms with Crippen LogP contribution in [0, 0.1) is 5.92 Å². The molecule has 1 rings (SSSR count). The molecule has 13 heavy (non-hydrogen) atoms. The van der Waals surface area contributed by atoms with E-state index in [9.17, 15) is 5.11 Å². The fourth-order valence-corrected chi connectivity index (χ4v) is 2.50. The first-order valence-corrected chi connectivity index (χ1v) is 5.34. The molecule has 0 heterocycles. The van der Waals surface area contributed by atoms with Crippen molar-refractivity contribution in [2.45, 2.75) is 51.2 Å². The molecule has 1 N–H and O–H groups in total. The van der Waals surface area contributed by atoms with Gasteiger partial charge >= 0.3 is 0 Å². The van der Waals surface area contributed by atoms with E-state index >= 15 is 0 Å². The summed E-state index contributed by atoms with van der Waals surface area (Å²) in [5, 5.41) is 9.84. The van der Waals surface area contributed by atoms with Crippen LogP contribution in [0.1, 0.15) is 39.5 Å². The smallest absolute Gasteiger partial charge is 0.0695 e. The summed E-state index contributed by atoms with van der Waals surface area (Å²) in [6, 6.07) is 0. The first-order valence-electron chi connectivity index (χ1n) is 5.34. The van der Waals surface area contributed by atoms with Gasteiger partial charge in [0.25, 0.3) is 0 Å². The minimum atomic E-state index is -0.213. The van der Waals surface area contributed by atoms with E-state index in [0.717, 1.165) is 18.8 Å². The van der Waals surface area contributed by atoms with E-state index in [2.05, 4.69) is 25.9 Å². The van der Waals surface area contributed by atoms with Crippen molar-refractivity contribution in [3.8, 4) is 0 Å². The predicted octanol–water partition coefficient (Wildman–Crippen LogP) is 1.88. The van der Waals surface area contributed by atoms with Crippen LogP contribution in [0.2, 0.25) is 0 Å². The summed E-state index contributed by atoms with van der Waals surface area (Å²) in [4.78, 5) is 2.21. The molecule has 1 aliphatic rings. The molecule has 0 aromatic heterocycles. The molecule has 0 radical (unpaired) electrons. The van der Waals surface area contributed by atoms with Crippen molar-refractivity contribution >= 4 is 0 Å². The van der Waals surface area contributed by atoms with Crippen molar-refractivity contribution < 1.29 is 5.11 Å². The molecule has 1 fully saturated rings. The Bertz CT molecular complexity index is 147. The molecule has 0 aromatic rings. The maximum Gasteiger partial charge on any atom is 0.0695 e. The van der Waals surface area contributed by atoms with E-state index in [-0.39, 0.29) is 11.6 Å². The van der Waals surface area contributed by atoms with Crippen LogP contribution in [0.4, 0.5) is 0 Å². The van der Waals surface area contributed by atoms with Gasteiger partial charge in [-0.3, -0.25) is 0 Å². The molecule has 1 aliphatic carbocycles. The Morgan fingerprint density at radius 1 is 1.31 bits per heavy atom. The van der Waals surface area contributed by atoms with Crippen molar-refractivity contribution in [2.75, 3.05) is 14.1 Å². The van der Waals surface area contributed by atoms with Gasteiger partial charge < -0.3 is 10.0 Å². The number of hydrogen-bond acceptors (Lipinski definition) is 2. The summed E-state index contributed by atoms with van der Waals surface area (Å²) in [6.45, 7) is 4.23. The van der Waals surface area contributed by atoms with Gasteiger partial charge in [-0.25, -0.2) is 0 Å². The quantitative estimate of drug-likeness (QED) is 0.710. The number of nitrogens with zero attached hydrogens (tertiary/aromatic N) is 1. The third kappa shape index (κ3) is 2.05. The molecule has 0 aromatic carbocycles. The van der Waals surface area contributed by atoms with Crippen LogP contribution in [0.5, 0.6) is 0 Å². The molecule has 0 bridgehead atoms. The number of rotatable bonds is 2. The Morgan fingerprint density at radius 2 is 1.77 bits per heavy atom. The molecule has 0 saturated heterocycles. The average molecular weight is 185 g/mol. The van der Waals surface area contributed by atoms with Gasteiger partial charge in [-0.1, -0.05) is 6.92 Å². The lowest BCUT2D eigenvalue weighted by Crippen LogP contribution is -2.54. The third-order valence-corrected chi connectivity index (χ3v) is 3.81. The number of hydrogen-bond donors (Lipinski definition) is 1. The highest BCUT2D eigenvalue weighted by Crippen LogP contribution is 2.37. The van der Waals surface area contributed by atoms with Crippen LogP contribution in [-0.2, 0) is 0 Å². The van der Waals surface area contributed by atoms with Crippen LogP contribution in [0.25, 0.3) is 0 Å². The molecule has 1 atom stereocenters. The van der Waals surface area contributed by atoms with Gasteiger partial charge in [-0.2, -0.15) is 0 Å². The lowest BCUT2D eigenvalue weighted by molar-refractivity contribution is -0.0289. The molecular weight excluding hydrogens is 162 g/mol. The van der Waals surface area contributed by atoms with E-state index in [0.29, 0.717) is 0 Å². The monoisotopic (exact) mass is 185 g/mol. The number of likely N-dealkylation sites (N-methyl/N-ethyl adjacent to an activating group) is 1. The topological polar surface area (TPSA) is 23.5 Å². The summed E-state index contributed by atoms with van der Waals surface area (Å²) in [6.07, 6.45) is 4.57. The minimum absolute atomic E-state index is 0.0481. The van der Waals surface area contributed by atoms with E-state index in [1.165, 1.54) is 12.8 Å². The molecule has 0 amide bonds. The second kappa shape index (κ2) is 3.97. The van der Waals surface area contributed by atoms with Crippen molar-refractivity contribution in [2.24, 2.45) is 5.92 Å². The summed E-state index contributed by atoms with van der Waals surface area (Å²) in [7, 11) is 4.17. The number of aliphatic hydroxyl groups is 1. The van der Waals surface area contributed by atoms with E-state index in [4.69, 9.17) is 0 Å². The van der Waals surface area contributed by atoms with Crippen molar-refractivity contribution in [1.29, 1.82) is 0 Å². The molecule has 0 aliphatic heterocycles. The second-order valence-corrected chi connectivity index (χ2v) is 4.86. The van der Waals surface area contributed by atoms with Gasteiger partial charge in [0.1, 0.15) is 0 Å². The van der Waals surface area contributed by atoms with Gasteiger partial charge in [-0.05, 0) is 52.6 Å². The summed E-state index contributed by atoms with van der Waals surface area (Å²) in [5.41, 5.74) is 0.0481. The van der Waals surface area contributed by atoms with Crippen LogP contribution >= 0.6 is 0 Å². The Labute approximate surface area is 81.9 Å². The zero-order valence-electron chi connectivity index (χ0n) is 9.38. The zero-order valence-corrected chi connectivity index (χ0v) is 9.38. The molecule has 1 saturated carbocycles. The Morgan fingerprint density at radius 3 is 2.08 bits per heavy atom. The second-order valence-electron chi connectivity index (χ2n) is 4.86. The molecule has 2 heteroatoms. The maximum absolute atomic E-state index is 9.84. The van der Waals surface area contributed by atoms with Gasteiger partial charge in [0.2, 0.25) is 0 Å². The standard InChI is InChI=1S/C11H23NO/c1-9-5-7-11(8-6-9,10(2)13)12(3)4/h9-10,13H,5-8H2,1-4H3. The summed E-state index contributed by atoms with van der Waals surface area (Å²) < 4.78 is 0. The molecule has 0 spiro atoms. The normalized spacial score (nSPS) is 37.8. The Kier molecular flexibility index (Phi) is 3.36. The van der Waals surface area contributed by atoms with Gasteiger partial charge in [0.05, 0.1) is 6.10 Å². The highest BCUT2D eigenvalue weighted by Gasteiger charge is 2.39. The fraction of sp³-hybridized carbons (Fsp3) is 1.00. The maximum atomic E-state index is 9.84. The van der Waals surface area contributed by atoms with Gasteiger partial charge in [-0.15, -0.1) is 0 Å². The number of aliphatic hydroxyl groups excluding tert-OH is 1. The highest BCUT2D eigenvalue weighted by atomic mass is 16.3. The van der Waals surface area contributed by atoms with Crippen molar-refractivity contribution in [3.05, 3.63) is 0 Å². The van der Waals surface area contributed by atoms with Crippen LogP contribution in [-0.4, -0.2) is 35.7 Å². The average Bonchev–Trinajstić information content (AvgIpc) is 2.04.